The maximum Gasteiger partial charge on any atom is 0.358 e. The number of hydrogen-bond acceptors (Lipinski definition) is 4. The molecule has 0 bridgehead atoms. The zero-order valence-electron chi connectivity index (χ0n) is 12.9. The first-order valence-corrected chi connectivity index (χ1v) is 7.17. The van der Waals surface area contributed by atoms with E-state index in [2.05, 4.69) is 42.8 Å². The van der Waals surface area contributed by atoms with E-state index in [1.165, 1.54) is 0 Å². The van der Waals surface area contributed by atoms with E-state index < -0.39 is 5.97 Å². The lowest BCUT2D eigenvalue weighted by molar-refractivity contribution is 0.0690. The van der Waals surface area contributed by atoms with E-state index in [-0.39, 0.29) is 11.7 Å². The van der Waals surface area contributed by atoms with Gasteiger partial charge >= 0.3 is 5.97 Å². The molecule has 1 aromatic carbocycles. The van der Waals surface area contributed by atoms with Gasteiger partial charge in [0.1, 0.15) is 0 Å². The Balaban J connectivity index is 2.72. The Kier molecular flexibility index (Phi) is 4.40. The molecular weight excluding hydrogens is 266 g/mol. The molecule has 0 aliphatic carbocycles. The molecule has 0 atom stereocenters. The number of hydrogen-bond donors (Lipinski definition) is 1. The zero-order valence-corrected chi connectivity index (χ0v) is 12.9. The molecule has 1 aromatic heterocycles. The zero-order chi connectivity index (χ0) is 15.6. The molecule has 1 heterocycles. The molecule has 0 radical (unpaired) electrons. The maximum atomic E-state index is 11.5. The highest BCUT2D eigenvalue weighted by molar-refractivity contribution is 6.02. The molecule has 112 valence electrons. The fourth-order valence-electron chi connectivity index (χ4n) is 2.43. The number of carboxylic acid groups (broad SMARTS) is 1. The summed E-state index contributed by atoms with van der Waals surface area (Å²) in [6.07, 6.45) is 0. The molecule has 0 aliphatic rings. The minimum atomic E-state index is -1.04. The number of anilines is 1. The van der Waals surface area contributed by atoms with Crippen molar-refractivity contribution in [2.24, 2.45) is 5.92 Å². The molecule has 0 aliphatic heterocycles. The van der Waals surface area contributed by atoms with E-state index in [4.69, 9.17) is 0 Å². The predicted molar refractivity (Wildman–Crippen MR) is 83.8 cm³/mol. The van der Waals surface area contributed by atoms with Gasteiger partial charge in [-0.05, 0) is 25.8 Å². The van der Waals surface area contributed by atoms with Crippen LogP contribution in [0.3, 0.4) is 0 Å². The van der Waals surface area contributed by atoms with Gasteiger partial charge in [-0.15, -0.1) is 10.2 Å². The summed E-state index contributed by atoms with van der Waals surface area (Å²) in [4.78, 5) is 13.7. The standard InChI is InChI=1S/C16H21N3O2/c1-10(2)9-19(11(3)4)15-12-7-5-6-8-13(12)17-18-14(15)16(20)21/h5-8,10-11H,9H2,1-4H3,(H,20,21). The Bertz CT molecular complexity index is 653. The van der Waals surface area contributed by atoms with E-state index in [1.807, 2.05) is 24.3 Å². The quantitative estimate of drug-likeness (QED) is 0.914. The van der Waals surface area contributed by atoms with Crippen molar-refractivity contribution in [1.29, 1.82) is 0 Å². The minimum Gasteiger partial charge on any atom is -0.476 e. The van der Waals surface area contributed by atoms with E-state index in [9.17, 15) is 9.90 Å². The third-order valence-corrected chi connectivity index (χ3v) is 3.32. The number of aromatic carboxylic acids is 1. The van der Waals surface area contributed by atoms with Gasteiger partial charge in [0.25, 0.3) is 0 Å². The summed E-state index contributed by atoms with van der Waals surface area (Å²) in [5.41, 5.74) is 1.40. The van der Waals surface area contributed by atoms with Crippen LogP contribution >= 0.6 is 0 Å². The number of rotatable bonds is 5. The van der Waals surface area contributed by atoms with E-state index >= 15 is 0 Å². The highest BCUT2D eigenvalue weighted by atomic mass is 16.4. The summed E-state index contributed by atoms with van der Waals surface area (Å²) >= 11 is 0. The molecule has 21 heavy (non-hydrogen) atoms. The van der Waals surface area contributed by atoms with Crippen molar-refractivity contribution < 1.29 is 9.90 Å². The highest BCUT2D eigenvalue weighted by Crippen LogP contribution is 2.30. The van der Waals surface area contributed by atoms with Gasteiger partial charge < -0.3 is 10.0 Å². The fourth-order valence-corrected chi connectivity index (χ4v) is 2.43. The van der Waals surface area contributed by atoms with Crippen molar-refractivity contribution in [3.63, 3.8) is 0 Å². The van der Waals surface area contributed by atoms with Gasteiger partial charge in [0.2, 0.25) is 0 Å². The summed E-state index contributed by atoms with van der Waals surface area (Å²) in [5, 5.41) is 18.2. The molecule has 0 amide bonds. The lowest BCUT2D eigenvalue weighted by atomic mass is 10.1. The molecule has 1 N–H and O–H groups in total. The SMILES string of the molecule is CC(C)CN(c1c(C(=O)O)nnc2ccccc12)C(C)C. The van der Waals surface area contributed by atoms with Gasteiger partial charge in [0.05, 0.1) is 11.2 Å². The van der Waals surface area contributed by atoms with Crippen molar-refractivity contribution in [3.8, 4) is 0 Å². The third kappa shape index (κ3) is 3.12. The Morgan fingerprint density at radius 3 is 2.43 bits per heavy atom. The van der Waals surface area contributed by atoms with Crippen LogP contribution in [0.4, 0.5) is 5.69 Å². The summed E-state index contributed by atoms with van der Waals surface area (Å²) in [7, 11) is 0. The molecule has 0 fully saturated rings. The predicted octanol–water partition coefficient (Wildman–Crippen LogP) is 3.20. The number of carbonyl (C=O) groups is 1. The second-order valence-electron chi connectivity index (χ2n) is 5.86. The van der Waals surface area contributed by atoms with Crippen molar-refractivity contribution >= 4 is 22.6 Å². The molecule has 0 saturated carbocycles. The third-order valence-electron chi connectivity index (χ3n) is 3.32. The van der Waals surface area contributed by atoms with Crippen molar-refractivity contribution in [3.05, 3.63) is 30.0 Å². The summed E-state index contributed by atoms with van der Waals surface area (Å²) in [5.74, 6) is -0.626. The lowest BCUT2D eigenvalue weighted by Crippen LogP contribution is -2.36. The van der Waals surface area contributed by atoms with Crippen LogP contribution in [0.1, 0.15) is 38.2 Å². The Morgan fingerprint density at radius 2 is 1.86 bits per heavy atom. The smallest absolute Gasteiger partial charge is 0.358 e. The maximum absolute atomic E-state index is 11.5. The van der Waals surface area contributed by atoms with Gasteiger partial charge in [-0.2, -0.15) is 0 Å². The normalized spacial score (nSPS) is 11.3. The van der Waals surface area contributed by atoms with Crippen LogP contribution in [0.5, 0.6) is 0 Å². The van der Waals surface area contributed by atoms with Gasteiger partial charge in [-0.1, -0.05) is 32.0 Å². The molecule has 2 aromatic rings. The minimum absolute atomic E-state index is 0.0167. The van der Waals surface area contributed by atoms with Gasteiger partial charge in [-0.3, -0.25) is 0 Å². The van der Waals surface area contributed by atoms with Crippen LogP contribution in [-0.2, 0) is 0 Å². The number of aromatic nitrogens is 2. The first-order valence-electron chi connectivity index (χ1n) is 7.17. The molecule has 0 unspecified atom stereocenters. The average Bonchev–Trinajstić information content (AvgIpc) is 2.43. The highest BCUT2D eigenvalue weighted by Gasteiger charge is 2.24. The molecule has 0 spiro atoms. The average molecular weight is 287 g/mol. The molecule has 5 nitrogen and oxygen atoms in total. The largest absolute Gasteiger partial charge is 0.476 e. The monoisotopic (exact) mass is 287 g/mol. The summed E-state index contributed by atoms with van der Waals surface area (Å²) < 4.78 is 0. The second kappa shape index (κ2) is 6.08. The number of benzene rings is 1. The van der Waals surface area contributed by atoms with Crippen molar-refractivity contribution in [2.75, 3.05) is 11.4 Å². The number of nitrogens with zero attached hydrogens (tertiary/aromatic N) is 3. The van der Waals surface area contributed by atoms with Gasteiger partial charge in [0.15, 0.2) is 5.69 Å². The van der Waals surface area contributed by atoms with Crippen molar-refractivity contribution in [1.82, 2.24) is 10.2 Å². The first kappa shape index (κ1) is 15.2. The topological polar surface area (TPSA) is 66.3 Å². The molecule has 2 rings (SSSR count). The Hall–Kier alpha value is -2.17. The van der Waals surface area contributed by atoms with E-state index in [0.29, 0.717) is 17.1 Å². The number of carboxylic acids is 1. The second-order valence-corrected chi connectivity index (χ2v) is 5.86. The van der Waals surface area contributed by atoms with Crippen LogP contribution in [0.2, 0.25) is 0 Å². The number of fused-ring (bicyclic) bond motifs is 1. The molecule has 0 saturated heterocycles. The molecule has 5 heteroatoms. The van der Waals surface area contributed by atoms with Crippen LogP contribution in [0.15, 0.2) is 24.3 Å². The van der Waals surface area contributed by atoms with Crippen LogP contribution < -0.4 is 4.90 Å². The van der Waals surface area contributed by atoms with Crippen molar-refractivity contribution in [2.45, 2.75) is 33.7 Å². The van der Waals surface area contributed by atoms with E-state index in [1.54, 1.807) is 0 Å². The summed E-state index contributed by atoms with van der Waals surface area (Å²) in [6, 6.07) is 7.71. The van der Waals surface area contributed by atoms with Gasteiger partial charge in [-0.25, -0.2) is 4.79 Å². The van der Waals surface area contributed by atoms with Crippen LogP contribution in [0.25, 0.3) is 10.9 Å². The van der Waals surface area contributed by atoms with Crippen LogP contribution in [0, 0.1) is 5.92 Å². The van der Waals surface area contributed by atoms with Crippen LogP contribution in [-0.4, -0.2) is 33.9 Å². The van der Waals surface area contributed by atoms with Gasteiger partial charge in [0, 0.05) is 18.0 Å². The Labute approximate surface area is 124 Å². The molecular formula is C16H21N3O2. The Morgan fingerprint density at radius 1 is 1.19 bits per heavy atom. The fraction of sp³-hybridized carbons (Fsp3) is 0.438. The first-order chi connectivity index (χ1) is 9.91. The van der Waals surface area contributed by atoms with E-state index in [0.717, 1.165) is 11.9 Å². The summed E-state index contributed by atoms with van der Waals surface area (Å²) in [6.45, 7) is 9.12. The lowest BCUT2D eigenvalue weighted by Gasteiger charge is -2.32.